The van der Waals surface area contributed by atoms with Crippen LogP contribution in [0, 0.1) is 0 Å². The van der Waals surface area contributed by atoms with E-state index in [1.54, 1.807) is 6.20 Å². The number of likely N-dealkylation sites (N-methyl/N-ethyl adjacent to an activating group) is 1. The summed E-state index contributed by atoms with van der Waals surface area (Å²) in [5, 5.41) is 4.24. The van der Waals surface area contributed by atoms with Crippen molar-refractivity contribution in [2.45, 2.75) is 44.7 Å². The zero-order chi connectivity index (χ0) is 13.9. The molecule has 1 N–H and O–H groups in total. The highest BCUT2D eigenvalue weighted by Gasteiger charge is 2.36. The van der Waals surface area contributed by atoms with Crippen LogP contribution in [0.3, 0.4) is 0 Å². The maximum absolute atomic E-state index is 6.23. The molecule has 106 valence electrons. The summed E-state index contributed by atoms with van der Waals surface area (Å²) in [7, 11) is 2.04. The Kier molecular flexibility index (Phi) is 4.82. The van der Waals surface area contributed by atoms with E-state index in [4.69, 9.17) is 11.6 Å². The van der Waals surface area contributed by atoms with Crippen molar-refractivity contribution in [1.29, 1.82) is 0 Å². The zero-order valence-corrected chi connectivity index (χ0v) is 12.9. The van der Waals surface area contributed by atoms with Gasteiger partial charge in [-0.25, -0.2) is 0 Å². The van der Waals surface area contributed by atoms with E-state index >= 15 is 0 Å². The summed E-state index contributed by atoms with van der Waals surface area (Å²) in [5.41, 5.74) is 1.31. The topological polar surface area (TPSA) is 28.2 Å². The number of nitrogens with zero attached hydrogens (tertiary/aromatic N) is 2. The van der Waals surface area contributed by atoms with Crippen molar-refractivity contribution >= 4 is 11.6 Å². The van der Waals surface area contributed by atoms with Crippen LogP contribution in [0.4, 0.5) is 0 Å². The van der Waals surface area contributed by atoms with E-state index in [1.807, 2.05) is 19.3 Å². The molecule has 4 heteroatoms. The first-order valence-electron chi connectivity index (χ1n) is 7.06. The molecule has 1 aromatic heterocycles. The van der Waals surface area contributed by atoms with E-state index in [-0.39, 0.29) is 5.54 Å². The molecule has 1 saturated heterocycles. The van der Waals surface area contributed by atoms with Gasteiger partial charge in [-0.05, 0) is 64.9 Å². The number of pyridine rings is 1. The summed E-state index contributed by atoms with van der Waals surface area (Å²) in [6, 6.07) is 2.40. The molecule has 1 aliphatic heterocycles. The molecule has 0 saturated carbocycles. The van der Waals surface area contributed by atoms with Gasteiger partial charge in [-0.1, -0.05) is 11.6 Å². The van der Waals surface area contributed by atoms with Gasteiger partial charge in [0, 0.05) is 24.0 Å². The van der Waals surface area contributed by atoms with E-state index in [2.05, 4.69) is 29.0 Å². The number of aromatic nitrogens is 1. The molecule has 0 aliphatic carbocycles. The molecule has 0 amide bonds. The highest BCUT2D eigenvalue weighted by atomic mass is 35.5. The smallest absolute Gasteiger partial charge is 0.0621 e. The number of hydrogen-bond acceptors (Lipinski definition) is 3. The number of nitrogens with one attached hydrogen (secondary N) is 1. The second kappa shape index (κ2) is 6.21. The van der Waals surface area contributed by atoms with Gasteiger partial charge in [0.15, 0.2) is 0 Å². The first kappa shape index (κ1) is 14.8. The SMILES string of the molecule is CNC(Cc1ccncc1Cl)C(C)(C)N1CCCC1. The Bertz CT molecular complexity index is 414. The van der Waals surface area contributed by atoms with E-state index in [9.17, 15) is 0 Å². The van der Waals surface area contributed by atoms with E-state index in [0.29, 0.717) is 6.04 Å². The lowest BCUT2D eigenvalue weighted by Crippen LogP contribution is -2.57. The number of hydrogen-bond donors (Lipinski definition) is 1. The number of likely N-dealkylation sites (tertiary alicyclic amines) is 1. The molecule has 1 unspecified atom stereocenters. The molecule has 1 atom stereocenters. The largest absolute Gasteiger partial charge is 0.315 e. The van der Waals surface area contributed by atoms with Gasteiger partial charge >= 0.3 is 0 Å². The Morgan fingerprint density at radius 3 is 2.68 bits per heavy atom. The van der Waals surface area contributed by atoms with Gasteiger partial charge in [-0.2, -0.15) is 0 Å². The average molecular weight is 282 g/mol. The predicted molar refractivity (Wildman–Crippen MR) is 80.7 cm³/mol. The summed E-state index contributed by atoms with van der Waals surface area (Å²) in [6.45, 7) is 7.06. The molecule has 1 fully saturated rings. The molecule has 0 aromatic carbocycles. The third kappa shape index (κ3) is 3.28. The third-order valence-electron chi connectivity index (χ3n) is 4.40. The van der Waals surface area contributed by atoms with Crippen molar-refractivity contribution in [2.24, 2.45) is 0 Å². The molecule has 1 aliphatic rings. The highest BCUT2D eigenvalue weighted by molar-refractivity contribution is 6.31. The van der Waals surface area contributed by atoms with Crippen molar-refractivity contribution in [3.63, 3.8) is 0 Å². The second-order valence-electron chi connectivity index (χ2n) is 5.86. The molecule has 0 bridgehead atoms. The Morgan fingerprint density at radius 1 is 1.42 bits per heavy atom. The molecular weight excluding hydrogens is 258 g/mol. The van der Waals surface area contributed by atoms with Crippen LogP contribution in [0.25, 0.3) is 0 Å². The maximum Gasteiger partial charge on any atom is 0.0621 e. The minimum Gasteiger partial charge on any atom is -0.315 e. The van der Waals surface area contributed by atoms with Crippen LogP contribution in [0.15, 0.2) is 18.5 Å². The van der Waals surface area contributed by atoms with Crippen LogP contribution in [0.5, 0.6) is 0 Å². The van der Waals surface area contributed by atoms with E-state index in [1.165, 1.54) is 31.5 Å². The van der Waals surface area contributed by atoms with E-state index in [0.717, 1.165) is 11.4 Å². The quantitative estimate of drug-likeness (QED) is 0.900. The summed E-state index contributed by atoms with van der Waals surface area (Å²) in [4.78, 5) is 6.64. The fourth-order valence-corrected chi connectivity index (χ4v) is 3.20. The van der Waals surface area contributed by atoms with Crippen molar-refractivity contribution < 1.29 is 0 Å². The molecule has 2 rings (SSSR count). The Morgan fingerprint density at radius 2 is 2.11 bits per heavy atom. The van der Waals surface area contributed by atoms with Crippen LogP contribution in [-0.2, 0) is 6.42 Å². The van der Waals surface area contributed by atoms with Gasteiger partial charge in [-0.3, -0.25) is 9.88 Å². The predicted octanol–water partition coefficient (Wildman–Crippen LogP) is 2.74. The zero-order valence-electron chi connectivity index (χ0n) is 12.1. The molecule has 1 aromatic rings. The monoisotopic (exact) mass is 281 g/mol. The molecule has 3 nitrogen and oxygen atoms in total. The van der Waals surface area contributed by atoms with Gasteiger partial charge < -0.3 is 5.32 Å². The van der Waals surface area contributed by atoms with Crippen LogP contribution in [0.2, 0.25) is 5.02 Å². The normalized spacial score (nSPS) is 18.7. The lowest BCUT2D eigenvalue weighted by atomic mass is 9.88. The van der Waals surface area contributed by atoms with E-state index < -0.39 is 0 Å². The molecule has 19 heavy (non-hydrogen) atoms. The summed E-state index contributed by atoms with van der Waals surface area (Å²) >= 11 is 6.23. The van der Waals surface area contributed by atoms with Crippen LogP contribution in [0.1, 0.15) is 32.3 Å². The molecule has 0 radical (unpaired) electrons. The fourth-order valence-electron chi connectivity index (χ4n) is 3.01. The maximum atomic E-state index is 6.23. The Labute approximate surface area is 121 Å². The van der Waals surface area contributed by atoms with Crippen molar-refractivity contribution in [3.05, 3.63) is 29.0 Å². The summed E-state index contributed by atoms with van der Waals surface area (Å²) in [5.74, 6) is 0. The molecule has 2 heterocycles. The van der Waals surface area contributed by atoms with Crippen molar-refractivity contribution in [1.82, 2.24) is 15.2 Å². The van der Waals surface area contributed by atoms with Crippen molar-refractivity contribution in [2.75, 3.05) is 20.1 Å². The Hall–Kier alpha value is -0.640. The van der Waals surface area contributed by atoms with Crippen molar-refractivity contribution in [3.8, 4) is 0 Å². The third-order valence-corrected chi connectivity index (χ3v) is 4.74. The average Bonchev–Trinajstić information content (AvgIpc) is 2.92. The van der Waals surface area contributed by atoms with Gasteiger partial charge in [0.25, 0.3) is 0 Å². The first-order valence-corrected chi connectivity index (χ1v) is 7.44. The van der Waals surface area contributed by atoms with Crippen LogP contribution in [-0.4, -0.2) is 41.6 Å². The highest BCUT2D eigenvalue weighted by Crippen LogP contribution is 2.27. The van der Waals surface area contributed by atoms with Gasteiger partial charge in [-0.15, -0.1) is 0 Å². The summed E-state index contributed by atoms with van der Waals surface area (Å²) < 4.78 is 0. The van der Waals surface area contributed by atoms with Crippen LogP contribution < -0.4 is 5.32 Å². The van der Waals surface area contributed by atoms with Gasteiger partial charge in [0.2, 0.25) is 0 Å². The standard InChI is InChI=1S/C15H24ClN3/c1-15(2,19-8-4-5-9-19)14(17-3)10-12-6-7-18-11-13(12)16/h6-7,11,14,17H,4-5,8-10H2,1-3H3. The lowest BCUT2D eigenvalue weighted by molar-refractivity contribution is 0.110. The van der Waals surface area contributed by atoms with Gasteiger partial charge in [0.05, 0.1) is 5.02 Å². The molecule has 0 spiro atoms. The minimum atomic E-state index is 0.137. The molecular formula is C15H24ClN3. The Balaban J connectivity index is 2.13. The summed E-state index contributed by atoms with van der Waals surface area (Å²) in [6.07, 6.45) is 7.11. The lowest BCUT2D eigenvalue weighted by Gasteiger charge is -2.42. The van der Waals surface area contributed by atoms with Gasteiger partial charge in [0.1, 0.15) is 0 Å². The fraction of sp³-hybridized carbons (Fsp3) is 0.667. The minimum absolute atomic E-state index is 0.137. The first-order chi connectivity index (χ1) is 9.05. The number of halogens is 1. The number of rotatable bonds is 5. The van der Waals surface area contributed by atoms with Crippen LogP contribution >= 0.6 is 11.6 Å². The second-order valence-corrected chi connectivity index (χ2v) is 6.27.